The highest BCUT2D eigenvalue weighted by molar-refractivity contribution is 9.10. The van der Waals surface area contributed by atoms with Gasteiger partial charge in [-0.3, -0.25) is 19.8 Å². The first-order valence-electron chi connectivity index (χ1n) is 6.31. The monoisotopic (exact) mass is 365 g/mol. The van der Waals surface area contributed by atoms with Crippen molar-refractivity contribution in [3.05, 3.63) is 59.7 Å². The Hall–Kier alpha value is -1.86. The van der Waals surface area contributed by atoms with Crippen molar-refractivity contribution in [2.45, 2.75) is 13.0 Å². The summed E-state index contributed by atoms with van der Waals surface area (Å²) in [5.41, 5.74) is 0.0241. The minimum Gasteiger partial charge on any atom is -0.377 e. The zero-order valence-corrected chi connectivity index (χ0v) is 13.5. The lowest BCUT2D eigenvalue weighted by Crippen LogP contribution is -2.20. The van der Waals surface area contributed by atoms with E-state index >= 15 is 0 Å². The normalized spacial score (nSPS) is 12.5. The number of halogens is 1. The van der Waals surface area contributed by atoms with Crippen LogP contribution in [0.15, 0.2) is 43.7 Å². The van der Waals surface area contributed by atoms with Gasteiger partial charge >= 0.3 is 0 Å². The number of hydrogen-bond acceptors (Lipinski definition) is 4. The third-order valence-corrected chi connectivity index (χ3v) is 5.29. The molecule has 3 rings (SSSR count). The third kappa shape index (κ3) is 2.54. The zero-order chi connectivity index (χ0) is 15.0. The van der Waals surface area contributed by atoms with Gasteiger partial charge < -0.3 is 5.32 Å². The molecule has 3 aromatic rings. The van der Waals surface area contributed by atoms with Gasteiger partial charge in [0.2, 0.25) is 0 Å². The van der Waals surface area contributed by atoms with E-state index in [1.54, 1.807) is 29.5 Å². The first kappa shape index (κ1) is 14.1. The largest absolute Gasteiger partial charge is 0.377 e. The topological polar surface area (TPSA) is 77.8 Å². The molecule has 0 aliphatic carbocycles. The van der Waals surface area contributed by atoms with Gasteiger partial charge in [0, 0.05) is 15.0 Å². The Kier molecular flexibility index (Phi) is 3.69. The van der Waals surface area contributed by atoms with Crippen LogP contribution in [-0.2, 0) is 0 Å². The lowest BCUT2D eigenvalue weighted by Gasteiger charge is -2.15. The summed E-state index contributed by atoms with van der Waals surface area (Å²) in [6.45, 7) is 2.01. The molecule has 1 aromatic carbocycles. The summed E-state index contributed by atoms with van der Waals surface area (Å²) in [5, 5.41) is 10.7. The fraction of sp³-hybridized carbons (Fsp3) is 0.143. The number of benzene rings is 1. The van der Waals surface area contributed by atoms with E-state index in [-0.39, 0.29) is 17.2 Å². The minimum atomic E-state index is -0.315. The van der Waals surface area contributed by atoms with Crippen LogP contribution in [0, 0.1) is 0 Å². The summed E-state index contributed by atoms with van der Waals surface area (Å²) >= 11 is 5.13. The Bertz CT molecular complexity index is 912. The van der Waals surface area contributed by atoms with Crippen LogP contribution in [0.2, 0.25) is 0 Å². The van der Waals surface area contributed by atoms with Crippen LogP contribution >= 0.6 is 27.3 Å². The second kappa shape index (κ2) is 5.50. The Labute approximate surface area is 132 Å². The number of aromatic nitrogens is 2. The van der Waals surface area contributed by atoms with E-state index in [1.165, 1.54) is 0 Å². The van der Waals surface area contributed by atoms with Gasteiger partial charge in [0.05, 0.1) is 16.8 Å². The molecule has 0 saturated heterocycles. The number of nitrogens with one attached hydrogen (secondary N) is 3. The van der Waals surface area contributed by atoms with Crippen LogP contribution in [0.3, 0.4) is 0 Å². The molecule has 5 nitrogen and oxygen atoms in total. The molecule has 0 bridgehead atoms. The van der Waals surface area contributed by atoms with Crippen molar-refractivity contribution in [2.75, 3.05) is 5.32 Å². The van der Waals surface area contributed by atoms with Gasteiger partial charge in [0.1, 0.15) is 0 Å². The second-order valence-corrected chi connectivity index (χ2v) is 6.44. The van der Waals surface area contributed by atoms with Crippen molar-refractivity contribution in [2.24, 2.45) is 0 Å². The number of thiophene rings is 1. The van der Waals surface area contributed by atoms with Crippen LogP contribution in [-0.4, -0.2) is 10.2 Å². The summed E-state index contributed by atoms with van der Waals surface area (Å²) in [6.07, 6.45) is 0. The summed E-state index contributed by atoms with van der Waals surface area (Å²) in [5.74, 6) is 0. The average Bonchev–Trinajstić information content (AvgIpc) is 2.89. The highest BCUT2D eigenvalue weighted by Gasteiger charge is 2.14. The number of aromatic amines is 2. The Morgan fingerprint density at radius 3 is 2.67 bits per heavy atom. The molecule has 0 aliphatic rings. The maximum Gasteiger partial charge on any atom is 0.272 e. The molecule has 1 unspecified atom stereocenters. The van der Waals surface area contributed by atoms with Gasteiger partial charge in [0.25, 0.3) is 11.1 Å². The lowest BCUT2D eigenvalue weighted by molar-refractivity contribution is 0.903. The van der Waals surface area contributed by atoms with Crippen LogP contribution < -0.4 is 16.4 Å². The SMILES string of the molecule is CC(Nc1cccc2c(=O)[nH][nH]c(=O)c12)c1sccc1Br. The van der Waals surface area contributed by atoms with Gasteiger partial charge in [-0.15, -0.1) is 11.3 Å². The van der Waals surface area contributed by atoms with E-state index in [1.807, 2.05) is 18.4 Å². The summed E-state index contributed by atoms with van der Waals surface area (Å²) in [6, 6.07) is 7.20. The van der Waals surface area contributed by atoms with Crippen molar-refractivity contribution < 1.29 is 0 Å². The molecule has 0 fully saturated rings. The minimum absolute atomic E-state index is 0.0173. The fourth-order valence-corrected chi connectivity index (χ4v) is 3.99. The molecule has 0 spiro atoms. The summed E-state index contributed by atoms with van der Waals surface area (Å²) in [7, 11) is 0. The van der Waals surface area contributed by atoms with E-state index in [9.17, 15) is 9.59 Å². The van der Waals surface area contributed by atoms with Crippen LogP contribution in [0.25, 0.3) is 10.8 Å². The number of fused-ring (bicyclic) bond motifs is 1. The number of H-pyrrole nitrogens is 2. The Morgan fingerprint density at radius 1 is 1.19 bits per heavy atom. The van der Waals surface area contributed by atoms with E-state index in [4.69, 9.17) is 0 Å². The Morgan fingerprint density at radius 2 is 1.95 bits per heavy atom. The molecule has 3 N–H and O–H groups in total. The first-order chi connectivity index (χ1) is 10.1. The molecule has 0 amide bonds. The number of rotatable bonds is 3. The highest BCUT2D eigenvalue weighted by Crippen LogP contribution is 2.31. The first-order valence-corrected chi connectivity index (χ1v) is 7.98. The standard InChI is InChI=1S/C14H12BrN3O2S/c1-7(12-9(15)5-6-21-12)16-10-4-2-3-8-11(10)14(20)18-17-13(8)19/h2-7,16H,1H3,(H,17,19)(H,18,20). The van der Waals surface area contributed by atoms with E-state index < -0.39 is 0 Å². The second-order valence-electron chi connectivity index (χ2n) is 4.64. The van der Waals surface area contributed by atoms with Crippen molar-refractivity contribution in [1.82, 2.24) is 10.2 Å². The summed E-state index contributed by atoms with van der Waals surface area (Å²) in [4.78, 5) is 24.9. The van der Waals surface area contributed by atoms with Crippen LogP contribution in [0.1, 0.15) is 17.8 Å². The van der Waals surface area contributed by atoms with Crippen molar-refractivity contribution in [3.63, 3.8) is 0 Å². The molecule has 7 heteroatoms. The van der Waals surface area contributed by atoms with Crippen molar-refractivity contribution >= 4 is 43.7 Å². The molecule has 1 atom stereocenters. The van der Waals surface area contributed by atoms with E-state index in [0.29, 0.717) is 16.5 Å². The predicted molar refractivity (Wildman–Crippen MR) is 89.2 cm³/mol. The Balaban J connectivity index is 2.10. The van der Waals surface area contributed by atoms with Gasteiger partial charge in [-0.1, -0.05) is 6.07 Å². The molecular weight excluding hydrogens is 354 g/mol. The lowest BCUT2D eigenvalue weighted by atomic mass is 10.1. The molecule has 0 saturated carbocycles. The molecular formula is C14H12BrN3O2S. The maximum atomic E-state index is 12.0. The van der Waals surface area contributed by atoms with Crippen molar-refractivity contribution in [1.29, 1.82) is 0 Å². The molecule has 21 heavy (non-hydrogen) atoms. The summed E-state index contributed by atoms with van der Waals surface area (Å²) < 4.78 is 1.03. The van der Waals surface area contributed by atoms with Gasteiger partial charge in [-0.25, -0.2) is 0 Å². The van der Waals surface area contributed by atoms with Gasteiger partial charge in [-0.05, 0) is 46.4 Å². The quantitative estimate of drug-likeness (QED) is 0.666. The molecule has 0 aliphatic heterocycles. The number of anilines is 1. The predicted octanol–water partition coefficient (Wildman–Crippen LogP) is 3.21. The molecule has 2 aromatic heterocycles. The van der Waals surface area contributed by atoms with Gasteiger partial charge in [0.15, 0.2) is 0 Å². The maximum absolute atomic E-state index is 12.0. The molecule has 2 heterocycles. The van der Waals surface area contributed by atoms with E-state index in [2.05, 4.69) is 31.4 Å². The van der Waals surface area contributed by atoms with E-state index in [0.717, 1.165) is 9.35 Å². The average molecular weight is 366 g/mol. The van der Waals surface area contributed by atoms with Crippen molar-refractivity contribution in [3.8, 4) is 0 Å². The third-order valence-electron chi connectivity index (χ3n) is 3.24. The molecule has 108 valence electrons. The highest BCUT2D eigenvalue weighted by atomic mass is 79.9. The smallest absolute Gasteiger partial charge is 0.272 e. The van der Waals surface area contributed by atoms with Gasteiger partial charge in [-0.2, -0.15) is 0 Å². The van der Waals surface area contributed by atoms with Crippen LogP contribution in [0.4, 0.5) is 5.69 Å². The van der Waals surface area contributed by atoms with Crippen LogP contribution in [0.5, 0.6) is 0 Å². The number of hydrogen-bond donors (Lipinski definition) is 3. The zero-order valence-electron chi connectivity index (χ0n) is 11.1. The molecule has 0 radical (unpaired) electrons. The fourth-order valence-electron chi connectivity index (χ4n) is 2.26.